The van der Waals surface area contributed by atoms with Gasteiger partial charge in [-0.3, -0.25) is 0 Å². The Morgan fingerprint density at radius 3 is 3.05 bits per heavy atom. The van der Waals surface area contributed by atoms with E-state index in [0.717, 1.165) is 28.8 Å². The van der Waals surface area contributed by atoms with Crippen LogP contribution in [0.2, 0.25) is 0 Å². The molecule has 4 heteroatoms. The van der Waals surface area contributed by atoms with Crippen molar-refractivity contribution in [2.75, 3.05) is 19.8 Å². The van der Waals surface area contributed by atoms with Crippen LogP contribution in [0.5, 0.6) is 5.75 Å². The van der Waals surface area contributed by atoms with Crippen molar-refractivity contribution in [3.05, 3.63) is 46.0 Å². The third-order valence-corrected chi connectivity index (χ3v) is 4.24. The summed E-state index contributed by atoms with van der Waals surface area (Å²) < 4.78 is 6.83. The molecular weight excluding hydrogens is 318 g/mol. The lowest BCUT2D eigenvalue weighted by Crippen LogP contribution is -2.30. The summed E-state index contributed by atoms with van der Waals surface area (Å²) in [5.74, 6) is 1.25. The summed E-state index contributed by atoms with van der Waals surface area (Å²) in [5, 5.41) is 12.6. The number of benzene rings is 1. The minimum absolute atomic E-state index is 0.238. The molecule has 20 heavy (non-hydrogen) atoms. The second kappa shape index (κ2) is 6.12. The van der Waals surface area contributed by atoms with Crippen molar-refractivity contribution >= 4 is 22.0 Å². The number of fused-ring (bicyclic) bond motifs is 1. The van der Waals surface area contributed by atoms with Crippen molar-refractivity contribution in [1.82, 2.24) is 5.32 Å². The lowest BCUT2D eigenvalue weighted by molar-refractivity contribution is 0.246. The zero-order valence-corrected chi connectivity index (χ0v) is 12.8. The molecule has 2 aliphatic rings. The highest BCUT2D eigenvalue weighted by atomic mass is 79.9. The van der Waals surface area contributed by atoms with Gasteiger partial charge < -0.3 is 15.2 Å². The molecule has 0 bridgehead atoms. The minimum atomic E-state index is 0.238. The van der Waals surface area contributed by atoms with E-state index in [9.17, 15) is 0 Å². The molecule has 3 nitrogen and oxygen atoms in total. The number of hydrogen-bond donors (Lipinski definition) is 2. The average Bonchev–Trinajstić information content (AvgIpc) is 2.92. The first kappa shape index (κ1) is 13.9. The lowest BCUT2D eigenvalue weighted by Gasteiger charge is -2.20. The summed E-state index contributed by atoms with van der Waals surface area (Å²) in [7, 11) is 0. The molecule has 0 spiro atoms. The molecule has 106 valence electrons. The largest absolute Gasteiger partial charge is 0.489 e. The van der Waals surface area contributed by atoms with Gasteiger partial charge >= 0.3 is 0 Å². The minimum Gasteiger partial charge on any atom is -0.489 e. The highest BCUT2D eigenvalue weighted by molar-refractivity contribution is 9.10. The van der Waals surface area contributed by atoms with Gasteiger partial charge in [0.05, 0.1) is 0 Å². The fourth-order valence-electron chi connectivity index (χ4n) is 2.62. The molecule has 2 atom stereocenters. The van der Waals surface area contributed by atoms with E-state index < -0.39 is 0 Å². The number of aliphatic hydroxyl groups excluding tert-OH is 1. The van der Waals surface area contributed by atoms with E-state index in [-0.39, 0.29) is 6.61 Å². The fourth-order valence-corrected chi connectivity index (χ4v) is 3.00. The Labute approximate surface area is 127 Å². The Hall–Kier alpha value is -1.10. The van der Waals surface area contributed by atoms with Crippen molar-refractivity contribution in [2.45, 2.75) is 12.5 Å². The lowest BCUT2D eigenvalue weighted by atomic mass is 10.1. The van der Waals surface area contributed by atoms with Gasteiger partial charge in [-0.15, -0.1) is 0 Å². The first-order valence-corrected chi connectivity index (χ1v) is 7.68. The molecule has 1 heterocycles. The Morgan fingerprint density at radius 2 is 2.25 bits per heavy atom. The summed E-state index contributed by atoms with van der Waals surface area (Å²) in [6, 6.07) is 6.42. The maximum Gasteiger partial charge on any atom is 0.127 e. The number of nitrogens with one attached hydrogen (secondary N) is 1. The molecular formula is C16H18BrNO2. The zero-order chi connectivity index (χ0) is 13.9. The maximum absolute atomic E-state index is 9.12. The van der Waals surface area contributed by atoms with Crippen molar-refractivity contribution in [3.8, 4) is 5.75 Å². The van der Waals surface area contributed by atoms with E-state index in [1.165, 1.54) is 5.57 Å². The number of hydrogen-bond acceptors (Lipinski definition) is 3. The smallest absolute Gasteiger partial charge is 0.127 e. The molecule has 3 rings (SSSR count). The first-order chi connectivity index (χ1) is 9.74. The normalized spacial score (nSPS) is 24.2. The van der Waals surface area contributed by atoms with E-state index in [2.05, 4.69) is 45.5 Å². The van der Waals surface area contributed by atoms with E-state index in [0.29, 0.717) is 18.6 Å². The number of halogens is 1. The van der Waals surface area contributed by atoms with Crippen LogP contribution in [0.4, 0.5) is 0 Å². The van der Waals surface area contributed by atoms with Crippen LogP contribution in [0, 0.1) is 5.92 Å². The monoisotopic (exact) mass is 335 g/mol. The summed E-state index contributed by atoms with van der Waals surface area (Å²) in [5.41, 5.74) is 2.37. The molecule has 0 radical (unpaired) electrons. The van der Waals surface area contributed by atoms with Gasteiger partial charge in [0.1, 0.15) is 12.4 Å². The quantitative estimate of drug-likeness (QED) is 0.831. The fraction of sp³-hybridized carbons (Fsp3) is 0.375. The number of ether oxygens (including phenoxy) is 1. The average molecular weight is 336 g/mol. The van der Waals surface area contributed by atoms with Crippen LogP contribution in [0.3, 0.4) is 0 Å². The van der Waals surface area contributed by atoms with Crippen molar-refractivity contribution in [1.29, 1.82) is 0 Å². The molecule has 0 saturated carbocycles. The predicted octanol–water partition coefficient (Wildman–Crippen LogP) is 2.75. The van der Waals surface area contributed by atoms with Crippen LogP contribution in [0.1, 0.15) is 12.0 Å². The van der Waals surface area contributed by atoms with Crippen LogP contribution in [0.15, 0.2) is 40.4 Å². The van der Waals surface area contributed by atoms with E-state index in [1.807, 2.05) is 12.1 Å². The van der Waals surface area contributed by atoms with E-state index in [4.69, 9.17) is 9.84 Å². The number of aliphatic hydroxyl groups is 1. The molecule has 0 saturated heterocycles. The van der Waals surface area contributed by atoms with Gasteiger partial charge in [-0.1, -0.05) is 28.1 Å². The SMILES string of the molecule is OC[C@H]1C=C[C@@H](NCC2=Cc3cc(Br)ccc3OC2)C1. The molecule has 0 unspecified atom stereocenters. The summed E-state index contributed by atoms with van der Waals surface area (Å²) in [4.78, 5) is 0. The zero-order valence-electron chi connectivity index (χ0n) is 11.2. The summed E-state index contributed by atoms with van der Waals surface area (Å²) in [6.45, 7) is 1.70. The highest BCUT2D eigenvalue weighted by Crippen LogP contribution is 2.29. The summed E-state index contributed by atoms with van der Waals surface area (Å²) >= 11 is 3.48. The molecule has 1 aromatic rings. The Bertz CT molecular complexity index is 553. The first-order valence-electron chi connectivity index (χ1n) is 6.89. The van der Waals surface area contributed by atoms with Crippen molar-refractivity contribution < 1.29 is 9.84 Å². The molecule has 1 aliphatic heterocycles. The molecule has 2 N–H and O–H groups in total. The van der Waals surface area contributed by atoms with Crippen LogP contribution in [-0.2, 0) is 0 Å². The Morgan fingerprint density at radius 1 is 1.35 bits per heavy atom. The second-order valence-corrected chi connectivity index (χ2v) is 6.24. The maximum atomic E-state index is 9.12. The Balaban J connectivity index is 1.60. The molecule has 0 fully saturated rings. The summed E-state index contributed by atoms with van der Waals surface area (Å²) in [6.07, 6.45) is 7.41. The highest BCUT2D eigenvalue weighted by Gasteiger charge is 2.18. The van der Waals surface area contributed by atoms with Crippen molar-refractivity contribution in [2.24, 2.45) is 5.92 Å². The molecule has 1 aromatic carbocycles. The van der Waals surface area contributed by atoms with E-state index in [1.54, 1.807) is 0 Å². The van der Waals surface area contributed by atoms with Gasteiger partial charge in [-0.05, 0) is 36.3 Å². The molecule has 0 aromatic heterocycles. The third-order valence-electron chi connectivity index (χ3n) is 3.74. The standard InChI is InChI=1S/C16H18BrNO2/c17-14-2-4-16-13(7-14)5-12(10-20-16)8-18-15-3-1-11(6-15)9-19/h1-5,7,11,15,18-19H,6,8-10H2/t11-,15+/m0/s1. The van der Waals surface area contributed by atoms with Crippen LogP contribution in [-0.4, -0.2) is 30.9 Å². The number of rotatable bonds is 4. The van der Waals surface area contributed by atoms with Gasteiger partial charge in [0.25, 0.3) is 0 Å². The predicted molar refractivity (Wildman–Crippen MR) is 83.7 cm³/mol. The molecule has 1 aliphatic carbocycles. The van der Waals surface area contributed by atoms with E-state index >= 15 is 0 Å². The van der Waals surface area contributed by atoms with Crippen LogP contribution >= 0.6 is 15.9 Å². The van der Waals surface area contributed by atoms with Crippen LogP contribution < -0.4 is 10.1 Å². The molecule has 0 amide bonds. The second-order valence-electron chi connectivity index (χ2n) is 5.32. The van der Waals surface area contributed by atoms with Crippen molar-refractivity contribution in [3.63, 3.8) is 0 Å². The van der Waals surface area contributed by atoms with Gasteiger partial charge in [-0.2, -0.15) is 0 Å². The van der Waals surface area contributed by atoms with Gasteiger partial charge in [0, 0.05) is 35.1 Å². The van der Waals surface area contributed by atoms with Gasteiger partial charge in [-0.25, -0.2) is 0 Å². The van der Waals surface area contributed by atoms with Crippen LogP contribution in [0.25, 0.3) is 6.08 Å². The Kier molecular flexibility index (Phi) is 4.24. The van der Waals surface area contributed by atoms with Gasteiger partial charge in [0.2, 0.25) is 0 Å². The van der Waals surface area contributed by atoms with Gasteiger partial charge in [0.15, 0.2) is 0 Å². The third kappa shape index (κ3) is 3.14. The topological polar surface area (TPSA) is 41.5 Å².